The number of ether oxygens (including phenoxy) is 1. The molecule has 1 aromatic carbocycles. The topological polar surface area (TPSA) is 88.8 Å². The number of anilines is 2. The highest BCUT2D eigenvalue weighted by Gasteiger charge is 2.48. The molecule has 1 amide bonds. The summed E-state index contributed by atoms with van der Waals surface area (Å²) in [6.45, 7) is 6.73. The molecular formula is C32H37F2N7O2. The van der Waals surface area contributed by atoms with Crippen molar-refractivity contribution in [1.29, 1.82) is 5.26 Å². The lowest BCUT2D eigenvalue weighted by molar-refractivity contribution is -0.131. The Labute approximate surface area is 250 Å². The van der Waals surface area contributed by atoms with E-state index in [0.717, 1.165) is 55.0 Å². The number of nitrogens with zero attached hydrogens (tertiary/aromatic N) is 7. The van der Waals surface area contributed by atoms with E-state index < -0.39 is 17.8 Å². The zero-order valence-corrected chi connectivity index (χ0v) is 24.6. The van der Waals surface area contributed by atoms with Gasteiger partial charge in [-0.2, -0.15) is 15.2 Å². The molecular weight excluding hydrogens is 552 g/mol. The molecule has 43 heavy (non-hydrogen) atoms. The van der Waals surface area contributed by atoms with Crippen LogP contribution in [0.1, 0.15) is 54.0 Å². The van der Waals surface area contributed by atoms with Crippen LogP contribution in [-0.4, -0.2) is 84.1 Å². The number of nitriles is 1. The van der Waals surface area contributed by atoms with Crippen LogP contribution >= 0.6 is 0 Å². The summed E-state index contributed by atoms with van der Waals surface area (Å²) in [5, 5.41) is 9.48. The largest absolute Gasteiger partial charge is 0.462 e. The number of aromatic nitrogens is 2. The molecule has 3 fully saturated rings. The number of halogens is 2. The number of carbonyl (C=O) groups is 1. The molecule has 1 saturated carbocycles. The summed E-state index contributed by atoms with van der Waals surface area (Å²) in [4.78, 5) is 30.1. The third-order valence-electron chi connectivity index (χ3n) is 10.1. The number of carbonyl (C=O) groups excluding carboxylic acids is 1. The molecule has 0 N–H and O–H groups in total. The molecule has 226 valence electrons. The number of fused-ring (bicyclic) bond motifs is 4. The Balaban J connectivity index is 1.21. The molecule has 5 aliphatic rings. The number of likely N-dealkylation sites (N-methyl/N-ethyl adjacent to an activating group) is 1. The van der Waals surface area contributed by atoms with Crippen LogP contribution in [0, 0.1) is 23.1 Å². The second kappa shape index (κ2) is 11.1. The van der Waals surface area contributed by atoms with Crippen LogP contribution in [0.3, 0.4) is 0 Å². The van der Waals surface area contributed by atoms with Crippen molar-refractivity contribution in [2.45, 2.75) is 63.1 Å². The normalized spacial score (nSPS) is 26.0. The maximum Gasteiger partial charge on any atom is 0.318 e. The van der Waals surface area contributed by atoms with E-state index in [-0.39, 0.29) is 30.8 Å². The van der Waals surface area contributed by atoms with Gasteiger partial charge in [0.2, 0.25) is 0 Å². The first-order valence-corrected chi connectivity index (χ1v) is 15.4. The van der Waals surface area contributed by atoms with Crippen LogP contribution in [0.5, 0.6) is 6.01 Å². The summed E-state index contributed by atoms with van der Waals surface area (Å²) in [6, 6.07) is 5.76. The molecule has 2 saturated heterocycles. The summed E-state index contributed by atoms with van der Waals surface area (Å²) in [7, 11) is 2.09. The number of likely N-dealkylation sites (tertiary alicyclic amines) is 1. The van der Waals surface area contributed by atoms with E-state index in [9.17, 15) is 14.4 Å². The fourth-order valence-electron chi connectivity index (χ4n) is 7.66. The van der Waals surface area contributed by atoms with Crippen LogP contribution in [0.15, 0.2) is 24.5 Å². The van der Waals surface area contributed by atoms with Crippen LogP contribution < -0.4 is 14.5 Å². The van der Waals surface area contributed by atoms with Gasteiger partial charge in [0, 0.05) is 37.8 Å². The Hall–Kier alpha value is -3.78. The highest BCUT2D eigenvalue weighted by Crippen LogP contribution is 2.59. The SMILES string of the molecule is C=C(F)C(=O)N1CCN(c2nc(OC[C@@H]3CCCN3C)nc3c2CCN(c2c(F)ccc4c2C2CC2C4)C3)C[C@@H]1CC#N. The van der Waals surface area contributed by atoms with Crippen molar-refractivity contribution in [2.75, 3.05) is 56.2 Å². The van der Waals surface area contributed by atoms with Gasteiger partial charge in [-0.25, -0.2) is 8.78 Å². The molecule has 9 nitrogen and oxygen atoms in total. The molecule has 2 unspecified atom stereocenters. The summed E-state index contributed by atoms with van der Waals surface area (Å²) in [5.74, 6) is -0.159. The van der Waals surface area contributed by atoms with Gasteiger partial charge in [0.25, 0.3) is 5.91 Å². The maximum absolute atomic E-state index is 15.4. The third kappa shape index (κ3) is 5.09. The first-order valence-electron chi connectivity index (χ1n) is 15.4. The molecule has 0 bridgehead atoms. The van der Waals surface area contributed by atoms with Gasteiger partial charge in [0.05, 0.1) is 36.5 Å². The predicted molar refractivity (Wildman–Crippen MR) is 157 cm³/mol. The second-order valence-electron chi connectivity index (χ2n) is 12.7. The smallest absolute Gasteiger partial charge is 0.318 e. The summed E-state index contributed by atoms with van der Waals surface area (Å²) in [5.41, 5.74) is 4.95. The van der Waals surface area contributed by atoms with Crippen LogP contribution in [-0.2, 0) is 24.2 Å². The van der Waals surface area contributed by atoms with E-state index in [1.54, 1.807) is 6.07 Å². The van der Waals surface area contributed by atoms with Gasteiger partial charge in [0.15, 0.2) is 5.83 Å². The standard InChI is InChI=1S/C32H37F2N7O2/c1-19(33)31(42)41-13-12-40(16-22(41)7-9-35)30-24-8-11-39(29-26(34)6-5-20-14-21-15-25(21)28(20)29)17-27(24)36-32(37-30)43-18-23-4-3-10-38(23)2/h5-6,21-23,25H,1,3-4,7-8,10-18H2,2H3/t21?,22-,23-,25?/m0/s1. The Kier molecular flexibility index (Phi) is 7.20. The van der Waals surface area contributed by atoms with Crippen LogP contribution in [0.25, 0.3) is 0 Å². The average molecular weight is 590 g/mol. The van der Waals surface area contributed by atoms with Gasteiger partial charge >= 0.3 is 6.01 Å². The number of rotatable bonds is 7. The molecule has 11 heteroatoms. The average Bonchev–Trinajstić information content (AvgIpc) is 3.49. The summed E-state index contributed by atoms with van der Waals surface area (Å²) in [6.07, 6.45) is 5.03. The molecule has 4 atom stereocenters. The highest BCUT2D eigenvalue weighted by atomic mass is 19.1. The fourth-order valence-corrected chi connectivity index (χ4v) is 7.66. The lowest BCUT2D eigenvalue weighted by Gasteiger charge is -2.42. The number of piperazine rings is 1. The first kappa shape index (κ1) is 28.0. The Morgan fingerprint density at radius 3 is 2.81 bits per heavy atom. The zero-order chi connectivity index (χ0) is 29.8. The third-order valence-corrected chi connectivity index (χ3v) is 10.1. The lowest BCUT2D eigenvalue weighted by Crippen LogP contribution is -2.55. The van der Waals surface area contributed by atoms with Crippen molar-refractivity contribution in [3.8, 4) is 12.1 Å². The number of hydrogen-bond acceptors (Lipinski definition) is 8. The van der Waals surface area contributed by atoms with E-state index in [4.69, 9.17) is 14.7 Å². The van der Waals surface area contributed by atoms with Gasteiger partial charge in [0.1, 0.15) is 18.2 Å². The minimum Gasteiger partial charge on any atom is -0.462 e. The monoisotopic (exact) mass is 589 g/mol. The number of benzene rings is 1. The summed E-state index contributed by atoms with van der Waals surface area (Å²) >= 11 is 0. The van der Waals surface area contributed by atoms with Crippen molar-refractivity contribution < 1.29 is 18.3 Å². The van der Waals surface area contributed by atoms with Gasteiger partial charge in [-0.05, 0) is 74.7 Å². The Bertz CT molecular complexity index is 1510. The minimum atomic E-state index is -1.03. The quantitative estimate of drug-likeness (QED) is 0.452. The van der Waals surface area contributed by atoms with Crippen molar-refractivity contribution in [3.63, 3.8) is 0 Å². The number of amides is 1. The zero-order valence-electron chi connectivity index (χ0n) is 24.6. The van der Waals surface area contributed by atoms with E-state index >= 15 is 4.39 Å². The van der Waals surface area contributed by atoms with E-state index in [1.807, 2.05) is 6.07 Å². The second-order valence-corrected chi connectivity index (χ2v) is 12.7. The van der Waals surface area contributed by atoms with E-state index in [2.05, 4.69) is 34.4 Å². The van der Waals surface area contributed by atoms with Gasteiger partial charge < -0.3 is 24.3 Å². The Morgan fingerprint density at radius 2 is 2.05 bits per heavy atom. The van der Waals surface area contributed by atoms with Crippen LogP contribution in [0.2, 0.25) is 0 Å². The molecule has 0 radical (unpaired) electrons. The maximum atomic E-state index is 15.4. The molecule has 2 aliphatic carbocycles. The van der Waals surface area contributed by atoms with E-state index in [0.29, 0.717) is 51.0 Å². The summed E-state index contributed by atoms with van der Waals surface area (Å²) < 4.78 is 35.5. The molecule has 3 aliphatic heterocycles. The highest BCUT2D eigenvalue weighted by molar-refractivity contribution is 5.91. The van der Waals surface area contributed by atoms with Crippen molar-refractivity contribution in [1.82, 2.24) is 19.8 Å². The van der Waals surface area contributed by atoms with Crippen molar-refractivity contribution in [3.05, 3.63) is 52.7 Å². The fraction of sp³-hybridized carbons (Fsp3) is 0.562. The van der Waals surface area contributed by atoms with Gasteiger partial charge in [-0.3, -0.25) is 4.79 Å². The predicted octanol–water partition coefficient (Wildman–Crippen LogP) is 3.73. The van der Waals surface area contributed by atoms with E-state index in [1.165, 1.54) is 16.0 Å². The minimum absolute atomic E-state index is 0.0640. The van der Waals surface area contributed by atoms with Crippen LogP contribution in [0.4, 0.5) is 20.3 Å². The van der Waals surface area contributed by atoms with Gasteiger partial charge in [-0.1, -0.05) is 12.6 Å². The molecule has 7 rings (SSSR count). The molecule has 2 aromatic rings. The van der Waals surface area contributed by atoms with Gasteiger partial charge in [-0.15, -0.1) is 0 Å². The lowest BCUT2D eigenvalue weighted by atomic mass is 9.98. The number of hydrogen-bond donors (Lipinski definition) is 0. The Morgan fingerprint density at radius 1 is 1.19 bits per heavy atom. The molecule has 4 heterocycles. The van der Waals surface area contributed by atoms with Crippen molar-refractivity contribution in [2.24, 2.45) is 5.92 Å². The molecule has 1 aromatic heterocycles. The molecule has 0 spiro atoms. The first-order chi connectivity index (χ1) is 20.8. The van der Waals surface area contributed by atoms with Crippen molar-refractivity contribution >= 4 is 17.4 Å².